The van der Waals surface area contributed by atoms with E-state index in [4.69, 9.17) is 0 Å². The molecule has 0 spiro atoms. The van der Waals surface area contributed by atoms with Crippen molar-refractivity contribution in [3.8, 4) is 0 Å². The Hall–Kier alpha value is -1.49. The summed E-state index contributed by atoms with van der Waals surface area (Å²) >= 11 is 1.76. The van der Waals surface area contributed by atoms with Crippen LogP contribution in [-0.4, -0.2) is 42.2 Å². The Morgan fingerprint density at radius 3 is 2.81 bits per heavy atom. The zero-order valence-electron chi connectivity index (χ0n) is 12.1. The maximum absolute atomic E-state index is 11.9. The predicted molar refractivity (Wildman–Crippen MR) is 87.5 cm³/mol. The Kier molecular flexibility index (Phi) is 4.80. The maximum Gasteiger partial charge on any atom is 0.224 e. The Labute approximate surface area is 130 Å². The molecule has 4 nitrogen and oxygen atoms in total. The van der Waals surface area contributed by atoms with Crippen molar-refractivity contribution in [3.05, 3.63) is 35.9 Å². The number of carbonyl (C=O) groups excluding carboxylic acids is 1. The van der Waals surface area contributed by atoms with Gasteiger partial charge < -0.3 is 10.2 Å². The van der Waals surface area contributed by atoms with Crippen molar-refractivity contribution in [2.45, 2.75) is 24.5 Å². The summed E-state index contributed by atoms with van der Waals surface area (Å²) in [5, 5.41) is 4.68. The summed E-state index contributed by atoms with van der Waals surface area (Å²) in [5.74, 6) is 0.267. The van der Waals surface area contributed by atoms with Crippen LogP contribution in [0.3, 0.4) is 0 Å². The number of benzene rings is 1. The van der Waals surface area contributed by atoms with Crippen LogP contribution in [0.15, 0.2) is 35.3 Å². The van der Waals surface area contributed by atoms with E-state index in [0.717, 1.165) is 37.6 Å². The van der Waals surface area contributed by atoms with Crippen LogP contribution in [0.1, 0.15) is 30.1 Å². The molecule has 0 bridgehead atoms. The third-order valence-corrected chi connectivity index (χ3v) is 5.10. The van der Waals surface area contributed by atoms with Crippen LogP contribution in [-0.2, 0) is 4.79 Å². The molecular formula is C16H21N3OS. The number of amidine groups is 1. The third kappa shape index (κ3) is 3.79. The van der Waals surface area contributed by atoms with Gasteiger partial charge in [-0.15, -0.1) is 0 Å². The first-order valence-corrected chi connectivity index (χ1v) is 8.48. The molecule has 0 aliphatic carbocycles. The van der Waals surface area contributed by atoms with Crippen molar-refractivity contribution >= 4 is 22.8 Å². The molecule has 2 aliphatic rings. The highest BCUT2D eigenvalue weighted by atomic mass is 32.2. The first kappa shape index (κ1) is 14.4. The molecule has 112 valence electrons. The van der Waals surface area contributed by atoms with Crippen molar-refractivity contribution < 1.29 is 4.79 Å². The second kappa shape index (κ2) is 6.98. The van der Waals surface area contributed by atoms with Gasteiger partial charge in [-0.3, -0.25) is 9.79 Å². The molecule has 0 radical (unpaired) electrons. The molecule has 1 saturated heterocycles. The lowest BCUT2D eigenvalue weighted by molar-refractivity contribution is -0.129. The van der Waals surface area contributed by atoms with Crippen molar-refractivity contribution in [3.63, 3.8) is 0 Å². The fourth-order valence-electron chi connectivity index (χ4n) is 2.71. The first-order valence-electron chi connectivity index (χ1n) is 7.60. The quantitative estimate of drug-likeness (QED) is 0.929. The molecule has 5 heteroatoms. The minimum Gasteiger partial charge on any atom is -0.364 e. The standard InChI is InChI=1S/C16H21N3OS/c20-15(19-10-4-5-11-19)8-9-17-16-18-12-14(21-16)13-6-2-1-3-7-13/h1-3,6-7,14H,4-5,8-12H2,(H,17,18). The number of rotatable bonds is 4. The van der Waals surface area contributed by atoms with Gasteiger partial charge in [-0.2, -0.15) is 0 Å². The van der Waals surface area contributed by atoms with Gasteiger partial charge in [0.25, 0.3) is 0 Å². The molecule has 0 saturated carbocycles. The second-order valence-corrected chi connectivity index (χ2v) is 6.62. The minimum absolute atomic E-state index is 0.267. The largest absolute Gasteiger partial charge is 0.364 e. The number of aliphatic imine (C=N–C) groups is 1. The molecule has 1 atom stereocenters. The number of hydrogen-bond acceptors (Lipinski definition) is 4. The molecular weight excluding hydrogens is 282 g/mol. The van der Waals surface area contributed by atoms with Crippen LogP contribution in [0, 0.1) is 0 Å². The number of hydrogen-bond donors (Lipinski definition) is 1. The first-order chi connectivity index (χ1) is 10.3. The molecule has 21 heavy (non-hydrogen) atoms. The van der Waals surface area contributed by atoms with E-state index in [2.05, 4.69) is 34.6 Å². The van der Waals surface area contributed by atoms with E-state index < -0.39 is 0 Å². The van der Waals surface area contributed by atoms with Gasteiger partial charge >= 0.3 is 0 Å². The monoisotopic (exact) mass is 303 g/mol. The molecule has 0 aromatic heterocycles. The van der Waals surface area contributed by atoms with Crippen molar-refractivity contribution in [2.24, 2.45) is 4.99 Å². The van der Waals surface area contributed by atoms with Crippen LogP contribution in [0.2, 0.25) is 0 Å². The Morgan fingerprint density at radius 2 is 2.05 bits per heavy atom. The molecule has 1 unspecified atom stereocenters. The van der Waals surface area contributed by atoms with Gasteiger partial charge in [0.15, 0.2) is 5.17 Å². The van der Waals surface area contributed by atoms with E-state index in [-0.39, 0.29) is 5.91 Å². The molecule has 1 fully saturated rings. The summed E-state index contributed by atoms with van der Waals surface area (Å²) in [7, 11) is 0. The highest BCUT2D eigenvalue weighted by Crippen LogP contribution is 2.34. The lowest BCUT2D eigenvalue weighted by Crippen LogP contribution is -2.31. The molecule has 3 rings (SSSR count). The summed E-state index contributed by atoms with van der Waals surface area (Å²) in [6.07, 6.45) is 2.87. The highest BCUT2D eigenvalue weighted by Gasteiger charge is 2.21. The summed E-state index contributed by atoms with van der Waals surface area (Å²) in [5.41, 5.74) is 1.32. The molecule has 1 aromatic carbocycles. The van der Waals surface area contributed by atoms with Gasteiger partial charge in [-0.1, -0.05) is 42.1 Å². The summed E-state index contributed by atoms with van der Waals surface area (Å²) in [6.45, 7) is 3.37. The van der Waals surface area contributed by atoms with Crippen LogP contribution in [0.25, 0.3) is 0 Å². The van der Waals surface area contributed by atoms with E-state index in [1.807, 2.05) is 11.0 Å². The molecule has 2 heterocycles. The lowest BCUT2D eigenvalue weighted by atomic mass is 10.1. The maximum atomic E-state index is 11.9. The highest BCUT2D eigenvalue weighted by molar-refractivity contribution is 8.14. The fraction of sp³-hybridized carbons (Fsp3) is 0.500. The Bertz CT molecular complexity index is 512. The van der Waals surface area contributed by atoms with Gasteiger partial charge in [0.05, 0.1) is 11.8 Å². The summed E-state index contributed by atoms with van der Waals surface area (Å²) in [6, 6.07) is 10.5. The smallest absolute Gasteiger partial charge is 0.224 e. The van der Waals surface area contributed by atoms with E-state index >= 15 is 0 Å². The van der Waals surface area contributed by atoms with Crippen molar-refractivity contribution in [1.29, 1.82) is 0 Å². The van der Waals surface area contributed by atoms with E-state index in [0.29, 0.717) is 18.2 Å². The van der Waals surface area contributed by atoms with E-state index in [9.17, 15) is 4.79 Å². The van der Waals surface area contributed by atoms with Gasteiger partial charge in [0.2, 0.25) is 5.91 Å². The Morgan fingerprint density at radius 1 is 1.29 bits per heavy atom. The SMILES string of the molecule is O=C(CCNC1=NCC(c2ccccc2)S1)N1CCCC1. The minimum atomic E-state index is 0.267. The van der Waals surface area contributed by atoms with Gasteiger partial charge in [-0.25, -0.2) is 0 Å². The third-order valence-electron chi connectivity index (χ3n) is 3.90. The zero-order valence-corrected chi connectivity index (χ0v) is 12.9. The number of amides is 1. The van der Waals surface area contributed by atoms with Crippen LogP contribution < -0.4 is 5.32 Å². The van der Waals surface area contributed by atoms with E-state index in [1.54, 1.807) is 11.8 Å². The lowest BCUT2D eigenvalue weighted by Gasteiger charge is -2.15. The van der Waals surface area contributed by atoms with Crippen LogP contribution >= 0.6 is 11.8 Å². The van der Waals surface area contributed by atoms with Crippen LogP contribution in [0.5, 0.6) is 0 Å². The summed E-state index contributed by atoms with van der Waals surface area (Å²) < 4.78 is 0. The van der Waals surface area contributed by atoms with Gasteiger partial charge in [-0.05, 0) is 18.4 Å². The number of likely N-dealkylation sites (tertiary alicyclic amines) is 1. The fourth-order valence-corrected chi connectivity index (χ4v) is 3.76. The second-order valence-electron chi connectivity index (χ2n) is 5.43. The summed E-state index contributed by atoms with van der Waals surface area (Å²) in [4.78, 5) is 18.4. The average Bonchev–Trinajstić information content (AvgIpc) is 3.20. The predicted octanol–water partition coefficient (Wildman–Crippen LogP) is 2.43. The van der Waals surface area contributed by atoms with Gasteiger partial charge in [0.1, 0.15) is 0 Å². The molecule has 1 amide bonds. The normalized spacial score (nSPS) is 21.4. The average molecular weight is 303 g/mol. The van der Waals surface area contributed by atoms with Crippen molar-refractivity contribution in [2.75, 3.05) is 26.2 Å². The Balaban J connectivity index is 1.40. The number of thioether (sulfide) groups is 1. The number of nitrogens with zero attached hydrogens (tertiary/aromatic N) is 2. The van der Waals surface area contributed by atoms with E-state index in [1.165, 1.54) is 5.56 Å². The number of nitrogens with one attached hydrogen (secondary N) is 1. The molecule has 1 aromatic rings. The molecule has 1 N–H and O–H groups in total. The van der Waals surface area contributed by atoms with Crippen molar-refractivity contribution in [1.82, 2.24) is 10.2 Å². The van der Waals surface area contributed by atoms with Crippen LogP contribution in [0.4, 0.5) is 0 Å². The molecule has 2 aliphatic heterocycles. The van der Waals surface area contributed by atoms with Gasteiger partial charge in [0, 0.05) is 26.1 Å². The number of carbonyl (C=O) groups is 1. The zero-order chi connectivity index (χ0) is 14.5. The topological polar surface area (TPSA) is 44.7 Å².